The second kappa shape index (κ2) is 10.2. The lowest BCUT2D eigenvalue weighted by molar-refractivity contribution is -0.121. The van der Waals surface area contributed by atoms with E-state index in [9.17, 15) is 9.59 Å². The van der Waals surface area contributed by atoms with E-state index >= 15 is 0 Å². The first-order valence-electron chi connectivity index (χ1n) is 10.5. The standard InChI is InChI=1S/C24H29BrN2O4/c1-24(2,3)31-23(29)27-13-11-18(12-14-27)22(28)26-21-15-19(9-10-20(21)25)30-16-17-7-5-4-6-8-17/h4-10,15,18H,11-14,16H2,1-3H3,(H,26,28). The summed E-state index contributed by atoms with van der Waals surface area (Å²) in [6, 6.07) is 15.5. The Kier molecular flexibility index (Phi) is 7.59. The van der Waals surface area contributed by atoms with Crippen LogP contribution >= 0.6 is 15.9 Å². The number of benzene rings is 2. The number of likely N-dealkylation sites (tertiary alicyclic amines) is 1. The van der Waals surface area contributed by atoms with Gasteiger partial charge in [-0.2, -0.15) is 0 Å². The maximum Gasteiger partial charge on any atom is 0.410 e. The number of nitrogens with zero attached hydrogens (tertiary/aromatic N) is 1. The Hall–Kier alpha value is -2.54. The fourth-order valence-corrected chi connectivity index (χ4v) is 3.66. The number of carbonyl (C=O) groups excluding carboxylic acids is 2. The van der Waals surface area contributed by atoms with Crippen molar-refractivity contribution in [3.8, 4) is 5.75 Å². The van der Waals surface area contributed by atoms with Crippen LogP contribution in [0.5, 0.6) is 5.75 Å². The van der Waals surface area contributed by atoms with Crippen LogP contribution in [0.2, 0.25) is 0 Å². The quantitative estimate of drug-likeness (QED) is 0.593. The van der Waals surface area contributed by atoms with E-state index in [1.807, 2.05) is 69.3 Å². The molecule has 31 heavy (non-hydrogen) atoms. The monoisotopic (exact) mass is 488 g/mol. The summed E-state index contributed by atoms with van der Waals surface area (Å²) in [7, 11) is 0. The molecule has 1 aliphatic heterocycles. The zero-order chi connectivity index (χ0) is 22.4. The molecule has 2 aromatic carbocycles. The second-order valence-corrected chi connectivity index (χ2v) is 9.50. The van der Waals surface area contributed by atoms with Gasteiger partial charge in [-0.1, -0.05) is 30.3 Å². The summed E-state index contributed by atoms with van der Waals surface area (Å²) in [4.78, 5) is 26.7. The van der Waals surface area contributed by atoms with Crippen molar-refractivity contribution in [3.05, 3.63) is 58.6 Å². The van der Waals surface area contributed by atoms with Crippen LogP contribution in [0, 0.1) is 5.92 Å². The number of hydrogen-bond donors (Lipinski definition) is 1. The van der Waals surface area contributed by atoms with Gasteiger partial charge >= 0.3 is 6.09 Å². The number of piperidine rings is 1. The average Bonchev–Trinajstić information content (AvgIpc) is 2.74. The van der Waals surface area contributed by atoms with E-state index in [1.165, 1.54) is 0 Å². The van der Waals surface area contributed by atoms with Crippen LogP contribution in [0.3, 0.4) is 0 Å². The van der Waals surface area contributed by atoms with E-state index in [1.54, 1.807) is 4.90 Å². The minimum atomic E-state index is -0.523. The molecule has 0 bridgehead atoms. The molecular formula is C24H29BrN2O4. The Morgan fingerprint density at radius 2 is 1.77 bits per heavy atom. The molecule has 2 aromatic rings. The predicted octanol–water partition coefficient (Wildman–Crippen LogP) is 5.61. The summed E-state index contributed by atoms with van der Waals surface area (Å²) in [5.74, 6) is 0.478. The molecule has 0 aromatic heterocycles. The summed E-state index contributed by atoms with van der Waals surface area (Å²) in [5, 5.41) is 3.00. The summed E-state index contributed by atoms with van der Waals surface area (Å²) in [6.45, 7) is 7.02. The lowest BCUT2D eigenvalue weighted by atomic mass is 9.96. The van der Waals surface area contributed by atoms with E-state index in [0.29, 0.717) is 44.0 Å². The van der Waals surface area contributed by atoms with Crippen molar-refractivity contribution in [2.24, 2.45) is 5.92 Å². The van der Waals surface area contributed by atoms with Gasteiger partial charge in [-0.25, -0.2) is 4.79 Å². The number of hydrogen-bond acceptors (Lipinski definition) is 4. The largest absolute Gasteiger partial charge is 0.489 e. The minimum absolute atomic E-state index is 0.0512. The molecule has 7 heteroatoms. The number of rotatable bonds is 5. The van der Waals surface area contributed by atoms with Gasteiger partial charge in [0.15, 0.2) is 0 Å². The van der Waals surface area contributed by atoms with Gasteiger partial charge in [0.2, 0.25) is 5.91 Å². The van der Waals surface area contributed by atoms with Crippen molar-refractivity contribution >= 4 is 33.6 Å². The van der Waals surface area contributed by atoms with Crippen molar-refractivity contribution < 1.29 is 19.1 Å². The van der Waals surface area contributed by atoms with Gasteiger partial charge in [0, 0.05) is 29.5 Å². The second-order valence-electron chi connectivity index (χ2n) is 8.65. The molecular weight excluding hydrogens is 460 g/mol. The van der Waals surface area contributed by atoms with Gasteiger partial charge < -0.3 is 19.7 Å². The minimum Gasteiger partial charge on any atom is -0.489 e. The summed E-state index contributed by atoms with van der Waals surface area (Å²) >= 11 is 3.50. The van der Waals surface area contributed by atoms with Crippen LogP contribution in [-0.2, 0) is 16.1 Å². The molecule has 3 rings (SSSR count). The number of anilines is 1. The van der Waals surface area contributed by atoms with Gasteiger partial charge in [-0.3, -0.25) is 4.79 Å². The van der Waals surface area contributed by atoms with Crippen molar-refractivity contribution in [2.45, 2.75) is 45.8 Å². The first kappa shape index (κ1) is 23.1. The molecule has 1 heterocycles. The molecule has 0 unspecified atom stereocenters. The third-order valence-corrected chi connectivity index (χ3v) is 5.65. The molecule has 0 spiro atoms. The van der Waals surface area contributed by atoms with Gasteiger partial charge in [0.25, 0.3) is 0 Å². The van der Waals surface area contributed by atoms with E-state index in [-0.39, 0.29) is 17.9 Å². The fraction of sp³-hybridized carbons (Fsp3) is 0.417. The van der Waals surface area contributed by atoms with E-state index in [0.717, 1.165) is 10.0 Å². The highest BCUT2D eigenvalue weighted by Gasteiger charge is 2.30. The molecule has 1 fully saturated rings. The summed E-state index contributed by atoms with van der Waals surface area (Å²) in [5.41, 5.74) is 1.23. The number of nitrogens with one attached hydrogen (secondary N) is 1. The average molecular weight is 489 g/mol. The highest BCUT2D eigenvalue weighted by Crippen LogP contribution is 2.29. The molecule has 2 amide bonds. The Morgan fingerprint density at radius 1 is 1.10 bits per heavy atom. The fourth-order valence-electron chi connectivity index (χ4n) is 3.32. The number of halogens is 1. The first-order chi connectivity index (χ1) is 14.7. The maximum absolute atomic E-state index is 12.8. The summed E-state index contributed by atoms with van der Waals surface area (Å²) in [6.07, 6.45) is 0.886. The van der Waals surface area contributed by atoms with Crippen molar-refractivity contribution in [1.29, 1.82) is 0 Å². The lowest BCUT2D eigenvalue weighted by Gasteiger charge is -2.33. The van der Waals surface area contributed by atoms with Crippen molar-refractivity contribution in [3.63, 3.8) is 0 Å². The normalized spacial score (nSPS) is 14.8. The number of ether oxygens (including phenoxy) is 2. The van der Waals surface area contributed by atoms with Gasteiger partial charge in [0.1, 0.15) is 18.0 Å². The number of carbonyl (C=O) groups is 2. The number of amides is 2. The molecule has 1 N–H and O–H groups in total. The molecule has 0 atom stereocenters. The topological polar surface area (TPSA) is 67.9 Å². The van der Waals surface area contributed by atoms with Crippen molar-refractivity contribution in [2.75, 3.05) is 18.4 Å². The van der Waals surface area contributed by atoms with Crippen LogP contribution in [-0.4, -0.2) is 35.6 Å². The molecule has 1 saturated heterocycles. The molecule has 6 nitrogen and oxygen atoms in total. The van der Waals surface area contributed by atoms with Crippen LogP contribution < -0.4 is 10.1 Å². The highest BCUT2D eigenvalue weighted by molar-refractivity contribution is 9.10. The van der Waals surface area contributed by atoms with E-state index in [4.69, 9.17) is 9.47 Å². The van der Waals surface area contributed by atoms with Crippen LogP contribution in [0.25, 0.3) is 0 Å². The van der Waals surface area contributed by atoms with E-state index < -0.39 is 5.60 Å². The highest BCUT2D eigenvalue weighted by atomic mass is 79.9. The lowest BCUT2D eigenvalue weighted by Crippen LogP contribution is -2.43. The smallest absolute Gasteiger partial charge is 0.410 e. The van der Waals surface area contributed by atoms with Gasteiger partial charge in [-0.05, 0) is 67.2 Å². The first-order valence-corrected chi connectivity index (χ1v) is 11.3. The Morgan fingerprint density at radius 3 is 2.42 bits per heavy atom. The predicted molar refractivity (Wildman–Crippen MR) is 124 cm³/mol. The Balaban J connectivity index is 1.54. The SMILES string of the molecule is CC(C)(C)OC(=O)N1CCC(C(=O)Nc2cc(OCc3ccccc3)ccc2Br)CC1. The Labute approximate surface area is 192 Å². The molecule has 0 aliphatic carbocycles. The van der Waals surface area contributed by atoms with Crippen LogP contribution in [0.15, 0.2) is 53.0 Å². The third kappa shape index (κ3) is 6.99. The zero-order valence-electron chi connectivity index (χ0n) is 18.2. The summed E-state index contributed by atoms with van der Waals surface area (Å²) < 4.78 is 12.1. The molecule has 0 radical (unpaired) electrons. The van der Waals surface area contributed by atoms with Gasteiger partial charge in [0.05, 0.1) is 5.69 Å². The van der Waals surface area contributed by atoms with Crippen LogP contribution in [0.4, 0.5) is 10.5 Å². The molecule has 0 saturated carbocycles. The zero-order valence-corrected chi connectivity index (χ0v) is 19.8. The molecule has 166 valence electrons. The van der Waals surface area contributed by atoms with Crippen LogP contribution in [0.1, 0.15) is 39.2 Å². The van der Waals surface area contributed by atoms with Gasteiger partial charge in [-0.15, -0.1) is 0 Å². The van der Waals surface area contributed by atoms with E-state index in [2.05, 4.69) is 21.2 Å². The maximum atomic E-state index is 12.8. The molecule has 1 aliphatic rings. The Bertz CT molecular complexity index is 904. The third-order valence-electron chi connectivity index (χ3n) is 4.96. The van der Waals surface area contributed by atoms with Crippen molar-refractivity contribution in [1.82, 2.24) is 4.90 Å².